The highest BCUT2D eigenvalue weighted by molar-refractivity contribution is 5.76. The summed E-state index contributed by atoms with van der Waals surface area (Å²) in [5.41, 5.74) is 0.925. The van der Waals surface area contributed by atoms with Crippen molar-refractivity contribution < 1.29 is 4.79 Å². The van der Waals surface area contributed by atoms with E-state index in [9.17, 15) is 4.79 Å². The number of carbonyl (C=O) groups excluding carboxylic acids is 1. The average molecular weight is 262 g/mol. The molecule has 0 spiro atoms. The van der Waals surface area contributed by atoms with Gasteiger partial charge in [-0.3, -0.25) is 4.79 Å². The summed E-state index contributed by atoms with van der Waals surface area (Å²) >= 11 is 0. The maximum absolute atomic E-state index is 12.0. The number of carbonyl (C=O) groups is 1. The molecule has 1 fully saturated rings. The third-order valence-electron chi connectivity index (χ3n) is 3.32. The number of nitrogens with zero attached hydrogens (tertiary/aromatic N) is 4. The average Bonchev–Trinajstić information content (AvgIpc) is 2.39. The predicted molar refractivity (Wildman–Crippen MR) is 75.0 cm³/mol. The summed E-state index contributed by atoms with van der Waals surface area (Å²) in [7, 11) is 0. The Morgan fingerprint density at radius 1 is 1.21 bits per heavy atom. The van der Waals surface area contributed by atoms with E-state index < -0.39 is 0 Å². The zero-order valence-electron chi connectivity index (χ0n) is 12.0. The molecule has 0 radical (unpaired) electrons. The molecule has 0 bridgehead atoms. The molecule has 104 valence electrons. The maximum atomic E-state index is 12.0. The number of amides is 1. The Labute approximate surface area is 114 Å². The van der Waals surface area contributed by atoms with Gasteiger partial charge in [-0.25, -0.2) is 0 Å². The van der Waals surface area contributed by atoms with Crippen molar-refractivity contribution in [2.75, 3.05) is 31.1 Å². The first-order valence-corrected chi connectivity index (χ1v) is 6.89. The molecule has 19 heavy (non-hydrogen) atoms. The van der Waals surface area contributed by atoms with Crippen LogP contribution in [0.25, 0.3) is 0 Å². The van der Waals surface area contributed by atoms with Crippen LogP contribution in [0.2, 0.25) is 0 Å². The van der Waals surface area contributed by atoms with Gasteiger partial charge >= 0.3 is 0 Å². The minimum atomic E-state index is 0.268. The van der Waals surface area contributed by atoms with E-state index in [0.29, 0.717) is 12.3 Å². The number of aromatic nitrogens is 2. The van der Waals surface area contributed by atoms with Gasteiger partial charge in [0.2, 0.25) is 5.91 Å². The van der Waals surface area contributed by atoms with Gasteiger partial charge in [-0.2, -0.15) is 5.10 Å². The summed E-state index contributed by atoms with van der Waals surface area (Å²) in [4.78, 5) is 16.1. The Balaban J connectivity index is 1.88. The standard InChI is InChI=1S/C14H22N4O/c1-11(2)10-14(19)18-8-6-17(7-9-18)13-5-4-12(3)15-16-13/h4-5,11H,6-10H2,1-3H3. The third kappa shape index (κ3) is 3.66. The minimum absolute atomic E-state index is 0.268. The molecule has 0 atom stereocenters. The van der Waals surface area contributed by atoms with Crippen LogP contribution in [0.15, 0.2) is 12.1 Å². The number of piperazine rings is 1. The van der Waals surface area contributed by atoms with Gasteiger partial charge in [0.1, 0.15) is 0 Å². The van der Waals surface area contributed by atoms with Gasteiger partial charge in [0.05, 0.1) is 5.69 Å². The van der Waals surface area contributed by atoms with E-state index in [4.69, 9.17) is 0 Å². The van der Waals surface area contributed by atoms with Crippen LogP contribution in [0.1, 0.15) is 26.0 Å². The van der Waals surface area contributed by atoms with Crippen molar-refractivity contribution >= 4 is 11.7 Å². The lowest BCUT2D eigenvalue weighted by molar-refractivity contribution is -0.132. The van der Waals surface area contributed by atoms with Gasteiger partial charge in [0.25, 0.3) is 0 Å². The van der Waals surface area contributed by atoms with Gasteiger partial charge in [0.15, 0.2) is 5.82 Å². The van der Waals surface area contributed by atoms with Gasteiger partial charge in [-0.1, -0.05) is 13.8 Å². The van der Waals surface area contributed by atoms with E-state index in [-0.39, 0.29) is 5.91 Å². The minimum Gasteiger partial charge on any atom is -0.352 e. The highest BCUT2D eigenvalue weighted by Crippen LogP contribution is 2.14. The molecule has 0 unspecified atom stereocenters. The van der Waals surface area contributed by atoms with Crippen LogP contribution in [0.3, 0.4) is 0 Å². The maximum Gasteiger partial charge on any atom is 0.222 e. The number of anilines is 1. The predicted octanol–water partition coefficient (Wildman–Crippen LogP) is 1.48. The van der Waals surface area contributed by atoms with Gasteiger partial charge in [0, 0.05) is 32.6 Å². The van der Waals surface area contributed by atoms with Crippen LogP contribution < -0.4 is 4.90 Å². The van der Waals surface area contributed by atoms with Crippen LogP contribution in [0, 0.1) is 12.8 Å². The van der Waals surface area contributed by atoms with Crippen molar-refractivity contribution in [1.29, 1.82) is 0 Å². The molecule has 2 heterocycles. The van der Waals surface area contributed by atoms with Crippen LogP contribution >= 0.6 is 0 Å². The Kier molecular flexibility index (Phi) is 4.35. The monoisotopic (exact) mass is 262 g/mol. The second-order valence-corrected chi connectivity index (χ2v) is 5.50. The number of hydrogen-bond donors (Lipinski definition) is 0. The fourth-order valence-corrected chi connectivity index (χ4v) is 2.22. The van der Waals surface area contributed by atoms with Crippen LogP contribution in [-0.4, -0.2) is 47.2 Å². The molecule has 0 aliphatic carbocycles. The molecule has 0 aromatic carbocycles. The van der Waals surface area contributed by atoms with E-state index in [1.54, 1.807) is 0 Å². The van der Waals surface area contributed by atoms with Gasteiger partial charge in [-0.15, -0.1) is 5.10 Å². The summed E-state index contributed by atoms with van der Waals surface area (Å²) in [6, 6.07) is 3.96. The molecule has 1 aliphatic rings. The smallest absolute Gasteiger partial charge is 0.222 e. The Morgan fingerprint density at radius 2 is 1.89 bits per heavy atom. The third-order valence-corrected chi connectivity index (χ3v) is 3.32. The second-order valence-electron chi connectivity index (χ2n) is 5.50. The largest absolute Gasteiger partial charge is 0.352 e. The first-order valence-electron chi connectivity index (χ1n) is 6.89. The SMILES string of the molecule is Cc1ccc(N2CCN(C(=O)CC(C)C)CC2)nn1. The van der Waals surface area contributed by atoms with Crippen molar-refractivity contribution in [1.82, 2.24) is 15.1 Å². The van der Waals surface area contributed by atoms with Gasteiger partial charge in [-0.05, 0) is 25.0 Å². The highest BCUT2D eigenvalue weighted by Gasteiger charge is 2.22. The summed E-state index contributed by atoms with van der Waals surface area (Å²) in [5, 5.41) is 8.27. The molecule has 1 aromatic rings. The summed E-state index contributed by atoms with van der Waals surface area (Å²) < 4.78 is 0. The fourth-order valence-electron chi connectivity index (χ4n) is 2.22. The van der Waals surface area contributed by atoms with Crippen LogP contribution in [0.4, 0.5) is 5.82 Å². The van der Waals surface area contributed by atoms with Crippen molar-refractivity contribution in [2.45, 2.75) is 27.2 Å². The van der Waals surface area contributed by atoms with Crippen molar-refractivity contribution in [3.8, 4) is 0 Å². The molecule has 1 amide bonds. The summed E-state index contributed by atoms with van der Waals surface area (Å²) in [6.45, 7) is 9.32. The van der Waals surface area contributed by atoms with Gasteiger partial charge < -0.3 is 9.80 Å². The quantitative estimate of drug-likeness (QED) is 0.828. The van der Waals surface area contributed by atoms with Crippen LogP contribution in [-0.2, 0) is 4.79 Å². The summed E-state index contributed by atoms with van der Waals surface area (Å²) in [6.07, 6.45) is 0.643. The Morgan fingerprint density at radius 3 is 2.42 bits per heavy atom. The highest BCUT2D eigenvalue weighted by atomic mass is 16.2. The molecule has 1 aliphatic heterocycles. The molecular formula is C14H22N4O. The normalized spacial score (nSPS) is 16.0. The molecular weight excluding hydrogens is 240 g/mol. The first-order chi connectivity index (χ1) is 9.06. The van der Waals surface area contributed by atoms with Crippen LogP contribution in [0.5, 0.6) is 0 Å². The van der Waals surface area contributed by atoms with E-state index in [1.807, 2.05) is 24.0 Å². The van der Waals surface area contributed by atoms with E-state index in [2.05, 4.69) is 28.9 Å². The Bertz CT molecular complexity index is 422. The van der Waals surface area contributed by atoms with Crippen molar-refractivity contribution in [3.63, 3.8) is 0 Å². The lowest BCUT2D eigenvalue weighted by Gasteiger charge is -2.35. The molecule has 5 heteroatoms. The summed E-state index contributed by atoms with van der Waals surface area (Å²) in [5.74, 6) is 1.60. The van der Waals surface area contributed by atoms with Crippen molar-refractivity contribution in [3.05, 3.63) is 17.8 Å². The zero-order valence-corrected chi connectivity index (χ0v) is 12.0. The molecule has 0 N–H and O–H groups in total. The molecule has 1 saturated heterocycles. The first kappa shape index (κ1) is 13.8. The number of aryl methyl sites for hydroxylation is 1. The lowest BCUT2D eigenvalue weighted by Crippen LogP contribution is -2.49. The van der Waals surface area contributed by atoms with E-state index in [1.165, 1.54) is 0 Å². The van der Waals surface area contributed by atoms with E-state index in [0.717, 1.165) is 37.7 Å². The fraction of sp³-hybridized carbons (Fsp3) is 0.643. The molecule has 1 aromatic heterocycles. The zero-order chi connectivity index (χ0) is 13.8. The lowest BCUT2D eigenvalue weighted by atomic mass is 10.1. The number of hydrogen-bond acceptors (Lipinski definition) is 4. The molecule has 0 saturated carbocycles. The molecule has 5 nitrogen and oxygen atoms in total. The molecule has 2 rings (SSSR count). The second kappa shape index (κ2) is 5.99. The topological polar surface area (TPSA) is 49.3 Å². The van der Waals surface area contributed by atoms with Crippen molar-refractivity contribution in [2.24, 2.45) is 5.92 Å². The Hall–Kier alpha value is -1.65. The van der Waals surface area contributed by atoms with E-state index >= 15 is 0 Å². The number of rotatable bonds is 3.